The SMILES string of the molecule is CC(C)NCc1noc(-c2cc3sccc3s2)n1. The van der Waals surface area contributed by atoms with Crippen molar-refractivity contribution in [2.24, 2.45) is 0 Å². The third-order valence-electron chi connectivity index (χ3n) is 2.49. The van der Waals surface area contributed by atoms with Crippen LogP contribution >= 0.6 is 22.7 Å². The molecule has 18 heavy (non-hydrogen) atoms. The van der Waals surface area contributed by atoms with Gasteiger partial charge in [-0.05, 0) is 17.5 Å². The molecule has 0 amide bonds. The van der Waals surface area contributed by atoms with Crippen LogP contribution in [0.1, 0.15) is 19.7 Å². The first-order valence-corrected chi connectivity index (χ1v) is 7.45. The minimum Gasteiger partial charge on any atom is -0.333 e. The molecule has 0 bridgehead atoms. The zero-order chi connectivity index (χ0) is 12.5. The first-order chi connectivity index (χ1) is 8.72. The number of hydrogen-bond donors (Lipinski definition) is 1. The summed E-state index contributed by atoms with van der Waals surface area (Å²) in [4.78, 5) is 5.44. The summed E-state index contributed by atoms with van der Waals surface area (Å²) in [5.41, 5.74) is 0. The lowest BCUT2D eigenvalue weighted by molar-refractivity contribution is 0.418. The number of rotatable bonds is 4. The highest BCUT2D eigenvalue weighted by molar-refractivity contribution is 7.28. The van der Waals surface area contributed by atoms with Crippen molar-refractivity contribution in [2.45, 2.75) is 26.4 Å². The van der Waals surface area contributed by atoms with Crippen molar-refractivity contribution < 1.29 is 4.52 Å². The summed E-state index contributed by atoms with van der Waals surface area (Å²) in [5, 5.41) is 9.34. The van der Waals surface area contributed by atoms with Gasteiger partial charge < -0.3 is 9.84 Å². The van der Waals surface area contributed by atoms with Crippen molar-refractivity contribution in [1.82, 2.24) is 15.5 Å². The van der Waals surface area contributed by atoms with E-state index in [0.29, 0.717) is 24.3 Å². The predicted octanol–water partition coefficient (Wildman–Crippen LogP) is 3.51. The maximum absolute atomic E-state index is 5.30. The summed E-state index contributed by atoms with van der Waals surface area (Å²) in [6.07, 6.45) is 0. The van der Waals surface area contributed by atoms with E-state index in [9.17, 15) is 0 Å². The van der Waals surface area contributed by atoms with Gasteiger partial charge in [-0.25, -0.2) is 0 Å². The molecule has 0 fully saturated rings. The van der Waals surface area contributed by atoms with E-state index in [2.05, 4.69) is 46.8 Å². The summed E-state index contributed by atoms with van der Waals surface area (Å²) < 4.78 is 7.84. The average Bonchev–Trinajstić information content (AvgIpc) is 3.00. The normalized spacial score (nSPS) is 11.7. The largest absolute Gasteiger partial charge is 0.333 e. The minimum absolute atomic E-state index is 0.416. The fraction of sp³-hybridized carbons (Fsp3) is 0.333. The molecule has 3 rings (SSSR count). The maximum atomic E-state index is 5.30. The molecule has 0 aromatic carbocycles. The van der Waals surface area contributed by atoms with Crippen LogP contribution in [0.5, 0.6) is 0 Å². The smallest absolute Gasteiger partial charge is 0.268 e. The van der Waals surface area contributed by atoms with Gasteiger partial charge in [-0.1, -0.05) is 19.0 Å². The predicted molar refractivity (Wildman–Crippen MR) is 75.0 cm³/mol. The third-order valence-corrected chi connectivity index (χ3v) is 4.57. The fourth-order valence-corrected chi connectivity index (χ4v) is 3.62. The first kappa shape index (κ1) is 11.8. The third kappa shape index (κ3) is 2.31. The topological polar surface area (TPSA) is 51.0 Å². The van der Waals surface area contributed by atoms with Crippen molar-refractivity contribution in [2.75, 3.05) is 0 Å². The van der Waals surface area contributed by atoms with Gasteiger partial charge in [0, 0.05) is 15.4 Å². The van der Waals surface area contributed by atoms with Gasteiger partial charge in [0.1, 0.15) is 0 Å². The van der Waals surface area contributed by atoms with Crippen molar-refractivity contribution in [1.29, 1.82) is 0 Å². The molecule has 6 heteroatoms. The van der Waals surface area contributed by atoms with E-state index in [0.717, 1.165) is 4.88 Å². The van der Waals surface area contributed by atoms with Gasteiger partial charge in [-0.15, -0.1) is 22.7 Å². The van der Waals surface area contributed by atoms with Crippen LogP contribution in [0.3, 0.4) is 0 Å². The van der Waals surface area contributed by atoms with E-state index >= 15 is 0 Å². The molecule has 0 radical (unpaired) electrons. The minimum atomic E-state index is 0.416. The van der Waals surface area contributed by atoms with E-state index in [-0.39, 0.29) is 0 Å². The fourth-order valence-electron chi connectivity index (χ4n) is 1.59. The van der Waals surface area contributed by atoms with E-state index < -0.39 is 0 Å². The van der Waals surface area contributed by atoms with E-state index in [4.69, 9.17) is 4.52 Å². The highest BCUT2D eigenvalue weighted by Crippen LogP contribution is 2.35. The highest BCUT2D eigenvalue weighted by Gasteiger charge is 2.12. The Bertz CT molecular complexity index is 624. The highest BCUT2D eigenvalue weighted by atomic mass is 32.1. The Morgan fingerprint density at radius 1 is 1.39 bits per heavy atom. The summed E-state index contributed by atoms with van der Waals surface area (Å²) >= 11 is 3.42. The molecule has 1 N–H and O–H groups in total. The first-order valence-electron chi connectivity index (χ1n) is 5.76. The molecule has 4 nitrogen and oxygen atoms in total. The second kappa shape index (κ2) is 4.79. The Balaban J connectivity index is 1.82. The molecule has 0 aliphatic heterocycles. The van der Waals surface area contributed by atoms with Gasteiger partial charge in [0.25, 0.3) is 5.89 Å². The lowest BCUT2D eigenvalue weighted by atomic mass is 10.4. The Morgan fingerprint density at radius 3 is 3.06 bits per heavy atom. The molecule has 3 aromatic rings. The second-order valence-corrected chi connectivity index (χ2v) is 6.34. The quantitative estimate of drug-likeness (QED) is 0.794. The summed E-state index contributed by atoms with van der Waals surface area (Å²) in [6, 6.07) is 4.64. The van der Waals surface area contributed by atoms with E-state index in [1.807, 2.05) is 0 Å². The molecule has 3 aromatic heterocycles. The summed E-state index contributed by atoms with van der Waals surface area (Å²) in [6.45, 7) is 4.82. The van der Waals surface area contributed by atoms with Crippen molar-refractivity contribution >= 4 is 32.1 Å². The molecule has 0 saturated heterocycles. The van der Waals surface area contributed by atoms with E-state index in [1.54, 1.807) is 22.7 Å². The second-order valence-electron chi connectivity index (χ2n) is 4.31. The number of aromatic nitrogens is 2. The molecular formula is C12H13N3OS2. The van der Waals surface area contributed by atoms with Gasteiger partial charge in [0.2, 0.25) is 0 Å². The molecule has 0 spiro atoms. The zero-order valence-corrected chi connectivity index (χ0v) is 11.8. The molecule has 0 aliphatic carbocycles. The Hall–Kier alpha value is -1.24. The lowest BCUT2D eigenvalue weighted by Crippen LogP contribution is -2.22. The van der Waals surface area contributed by atoms with Gasteiger partial charge >= 0.3 is 0 Å². The zero-order valence-electron chi connectivity index (χ0n) is 10.1. The van der Waals surface area contributed by atoms with Crippen molar-refractivity contribution in [3.63, 3.8) is 0 Å². The Kier molecular flexibility index (Phi) is 3.15. The monoisotopic (exact) mass is 279 g/mol. The molecular weight excluding hydrogens is 266 g/mol. The maximum Gasteiger partial charge on any atom is 0.268 e. The summed E-state index contributed by atoms with van der Waals surface area (Å²) in [7, 11) is 0. The van der Waals surface area contributed by atoms with Crippen LogP contribution in [0.25, 0.3) is 20.2 Å². The van der Waals surface area contributed by atoms with Crippen LogP contribution in [0.4, 0.5) is 0 Å². The molecule has 0 atom stereocenters. The number of fused-ring (bicyclic) bond motifs is 1. The number of nitrogens with zero attached hydrogens (tertiary/aromatic N) is 2. The van der Waals surface area contributed by atoms with Crippen LogP contribution in [-0.4, -0.2) is 16.2 Å². The number of hydrogen-bond acceptors (Lipinski definition) is 6. The van der Waals surface area contributed by atoms with Crippen LogP contribution in [0, 0.1) is 0 Å². The van der Waals surface area contributed by atoms with Crippen molar-refractivity contribution in [3.8, 4) is 10.8 Å². The van der Waals surface area contributed by atoms with Crippen LogP contribution in [0.15, 0.2) is 22.0 Å². The Morgan fingerprint density at radius 2 is 2.28 bits per heavy atom. The number of nitrogens with one attached hydrogen (secondary N) is 1. The van der Waals surface area contributed by atoms with Crippen LogP contribution in [0.2, 0.25) is 0 Å². The van der Waals surface area contributed by atoms with E-state index in [1.165, 1.54) is 9.40 Å². The van der Waals surface area contributed by atoms with Crippen molar-refractivity contribution in [3.05, 3.63) is 23.3 Å². The van der Waals surface area contributed by atoms with Crippen LogP contribution < -0.4 is 5.32 Å². The summed E-state index contributed by atoms with van der Waals surface area (Å²) in [5.74, 6) is 1.32. The standard InChI is InChI=1S/C12H13N3OS2/c1-7(2)13-6-11-14-12(16-15-11)10-5-9-8(18-10)3-4-17-9/h3-5,7,13H,6H2,1-2H3. The molecule has 94 valence electrons. The molecule has 0 aliphatic rings. The molecule has 3 heterocycles. The lowest BCUT2D eigenvalue weighted by Gasteiger charge is -2.02. The molecule has 0 unspecified atom stereocenters. The van der Waals surface area contributed by atoms with Gasteiger partial charge in [0.05, 0.1) is 11.4 Å². The average molecular weight is 279 g/mol. The van der Waals surface area contributed by atoms with Gasteiger partial charge in [-0.3, -0.25) is 0 Å². The number of thiophene rings is 2. The van der Waals surface area contributed by atoms with Gasteiger partial charge in [-0.2, -0.15) is 4.98 Å². The molecule has 0 saturated carbocycles. The Labute approximate surface area is 113 Å². The van der Waals surface area contributed by atoms with Gasteiger partial charge in [0.15, 0.2) is 5.82 Å². The van der Waals surface area contributed by atoms with Crippen LogP contribution in [-0.2, 0) is 6.54 Å².